The summed E-state index contributed by atoms with van der Waals surface area (Å²) in [4.78, 5) is 8.06. The molecule has 1 fully saturated rings. The van der Waals surface area contributed by atoms with Crippen molar-refractivity contribution < 1.29 is 8.42 Å². The fourth-order valence-corrected chi connectivity index (χ4v) is 4.18. The van der Waals surface area contributed by atoms with E-state index in [-0.39, 0.29) is 10.9 Å². The summed E-state index contributed by atoms with van der Waals surface area (Å²) in [7, 11) is -1.86. The molecular weight excluding hydrogens is 288 g/mol. The number of sulfonamides is 1. The molecular formula is C14H24N4O2S. The molecule has 2 rings (SSSR count). The average Bonchev–Trinajstić information content (AvgIpc) is 2.53. The van der Waals surface area contributed by atoms with Crippen molar-refractivity contribution in [3.05, 3.63) is 12.4 Å². The predicted octanol–water partition coefficient (Wildman–Crippen LogP) is 2.16. The van der Waals surface area contributed by atoms with E-state index in [4.69, 9.17) is 0 Å². The summed E-state index contributed by atoms with van der Waals surface area (Å²) < 4.78 is 27.7. The number of nitrogens with zero attached hydrogens (tertiary/aromatic N) is 2. The smallest absolute Gasteiger partial charge is 0.243 e. The van der Waals surface area contributed by atoms with Crippen molar-refractivity contribution in [1.29, 1.82) is 0 Å². The van der Waals surface area contributed by atoms with Crippen LogP contribution in [-0.2, 0) is 10.0 Å². The molecule has 7 heteroatoms. The third-order valence-electron chi connectivity index (χ3n) is 4.13. The van der Waals surface area contributed by atoms with Crippen molar-refractivity contribution in [2.24, 2.45) is 5.92 Å². The van der Waals surface area contributed by atoms with Crippen LogP contribution >= 0.6 is 0 Å². The second-order valence-corrected chi connectivity index (χ2v) is 7.24. The van der Waals surface area contributed by atoms with Crippen LogP contribution in [0.1, 0.15) is 45.4 Å². The Morgan fingerprint density at radius 2 is 1.86 bits per heavy atom. The molecule has 1 saturated carbocycles. The Labute approximate surface area is 126 Å². The highest BCUT2D eigenvalue weighted by Crippen LogP contribution is 2.28. The molecule has 0 radical (unpaired) electrons. The number of hydrogen-bond acceptors (Lipinski definition) is 5. The van der Waals surface area contributed by atoms with Crippen LogP contribution in [0.2, 0.25) is 0 Å². The molecule has 0 aliphatic heterocycles. The minimum Gasteiger partial charge on any atom is -0.357 e. The van der Waals surface area contributed by atoms with Gasteiger partial charge in [-0.1, -0.05) is 26.2 Å². The van der Waals surface area contributed by atoms with Gasteiger partial charge in [-0.15, -0.1) is 0 Å². The molecule has 1 heterocycles. The highest BCUT2D eigenvalue weighted by molar-refractivity contribution is 7.89. The lowest BCUT2D eigenvalue weighted by Crippen LogP contribution is -2.40. The van der Waals surface area contributed by atoms with Crippen LogP contribution in [0, 0.1) is 5.92 Å². The van der Waals surface area contributed by atoms with Gasteiger partial charge >= 0.3 is 0 Å². The summed E-state index contributed by atoms with van der Waals surface area (Å²) in [5, 5.41) is 2.77. The molecule has 1 aliphatic rings. The molecule has 0 spiro atoms. The molecule has 1 unspecified atom stereocenters. The average molecular weight is 312 g/mol. The topological polar surface area (TPSA) is 84.0 Å². The molecule has 2 N–H and O–H groups in total. The highest BCUT2D eigenvalue weighted by atomic mass is 32.2. The van der Waals surface area contributed by atoms with Crippen LogP contribution in [0.5, 0.6) is 0 Å². The van der Waals surface area contributed by atoms with Crippen molar-refractivity contribution in [3.63, 3.8) is 0 Å². The van der Waals surface area contributed by atoms with Gasteiger partial charge < -0.3 is 5.32 Å². The van der Waals surface area contributed by atoms with Gasteiger partial charge in [-0.25, -0.2) is 23.1 Å². The third kappa shape index (κ3) is 4.14. The van der Waals surface area contributed by atoms with Crippen molar-refractivity contribution in [2.45, 2.75) is 56.4 Å². The number of nitrogens with one attached hydrogen (secondary N) is 2. The van der Waals surface area contributed by atoms with Gasteiger partial charge in [0.15, 0.2) is 0 Å². The Morgan fingerprint density at radius 1 is 1.24 bits per heavy atom. The standard InChI is InChI=1S/C14H24N4O2S/c1-3-13(11-7-5-4-6-8-11)18-21(19,20)12-9-16-14(15-2)17-10-12/h9-11,13,18H,3-8H2,1-2H3,(H,15,16,17). The molecule has 1 aliphatic carbocycles. The molecule has 118 valence electrons. The number of aromatic nitrogens is 2. The van der Waals surface area contributed by atoms with Crippen LogP contribution in [0.3, 0.4) is 0 Å². The van der Waals surface area contributed by atoms with Gasteiger partial charge in [-0.2, -0.15) is 0 Å². The van der Waals surface area contributed by atoms with E-state index in [1.807, 2.05) is 6.92 Å². The van der Waals surface area contributed by atoms with Gasteiger partial charge in [0, 0.05) is 13.1 Å². The summed E-state index contributed by atoms with van der Waals surface area (Å²) >= 11 is 0. The first-order valence-corrected chi connectivity index (χ1v) is 9.07. The number of anilines is 1. The molecule has 1 atom stereocenters. The van der Waals surface area contributed by atoms with E-state index >= 15 is 0 Å². The molecule has 0 aromatic carbocycles. The third-order valence-corrected chi connectivity index (χ3v) is 5.57. The summed E-state index contributed by atoms with van der Waals surface area (Å²) in [5.41, 5.74) is 0. The number of hydrogen-bond donors (Lipinski definition) is 2. The lowest BCUT2D eigenvalue weighted by Gasteiger charge is -2.30. The zero-order chi connectivity index (χ0) is 15.3. The lowest BCUT2D eigenvalue weighted by atomic mass is 9.83. The summed E-state index contributed by atoms with van der Waals surface area (Å²) in [5.74, 6) is 0.851. The first kappa shape index (κ1) is 16.2. The minimum absolute atomic E-state index is 0.000670. The zero-order valence-electron chi connectivity index (χ0n) is 12.7. The van der Waals surface area contributed by atoms with Crippen LogP contribution in [0.4, 0.5) is 5.95 Å². The van der Waals surface area contributed by atoms with Gasteiger partial charge in [0.1, 0.15) is 4.90 Å². The monoisotopic (exact) mass is 312 g/mol. The molecule has 21 heavy (non-hydrogen) atoms. The fraction of sp³-hybridized carbons (Fsp3) is 0.714. The Hall–Kier alpha value is -1.21. The summed E-state index contributed by atoms with van der Waals surface area (Å²) in [6.45, 7) is 2.03. The van der Waals surface area contributed by atoms with E-state index in [0.717, 1.165) is 19.3 Å². The van der Waals surface area contributed by atoms with E-state index in [1.165, 1.54) is 31.7 Å². The highest BCUT2D eigenvalue weighted by Gasteiger charge is 2.27. The maximum atomic E-state index is 12.4. The quantitative estimate of drug-likeness (QED) is 0.841. The zero-order valence-corrected chi connectivity index (χ0v) is 13.5. The first-order chi connectivity index (χ1) is 10.1. The largest absolute Gasteiger partial charge is 0.357 e. The van der Waals surface area contributed by atoms with Crippen molar-refractivity contribution >= 4 is 16.0 Å². The molecule has 1 aromatic rings. The lowest BCUT2D eigenvalue weighted by molar-refractivity contribution is 0.285. The molecule has 0 bridgehead atoms. The van der Waals surface area contributed by atoms with Gasteiger partial charge in [-0.3, -0.25) is 0 Å². The Bertz CT molecular complexity index is 539. The molecule has 0 saturated heterocycles. The first-order valence-electron chi connectivity index (χ1n) is 7.59. The van der Waals surface area contributed by atoms with Gasteiger partial charge in [-0.05, 0) is 25.2 Å². The summed E-state index contributed by atoms with van der Waals surface area (Å²) in [6, 6.07) is -0.000670. The Kier molecular flexibility index (Phi) is 5.52. The second-order valence-electron chi connectivity index (χ2n) is 5.53. The summed E-state index contributed by atoms with van der Waals surface area (Å²) in [6.07, 6.45) is 9.36. The Morgan fingerprint density at radius 3 is 2.38 bits per heavy atom. The minimum atomic E-state index is -3.55. The van der Waals surface area contributed by atoms with E-state index in [1.54, 1.807) is 7.05 Å². The number of rotatable bonds is 6. The van der Waals surface area contributed by atoms with Crippen molar-refractivity contribution in [1.82, 2.24) is 14.7 Å². The van der Waals surface area contributed by atoms with E-state index in [0.29, 0.717) is 11.9 Å². The Balaban J connectivity index is 2.10. The molecule has 1 aromatic heterocycles. The van der Waals surface area contributed by atoms with Gasteiger partial charge in [0.05, 0.1) is 12.4 Å². The second kappa shape index (κ2) is 7.17. The van der Waals surface area contributed by atoms with E-state index < -0.39 is 10.0 Å². The molecule has 0 amide bonds. The van der Waals surface area contributed by atoms with E-state index in [9.17, 15) is 8.42 Å². The maximum Gasteiger partial charge on any atom is 0.243 e. The maximum absolute atomic E-state index is 12.4. The van der Waals surface area contributed by atoms with Crippen molar-refractivity contribution in [3.8, 4) is 0 Å². The van der Waals surface area contributed by atoms with Crippen LogP contribution < -0.4 is 10.0 Å². The SMILES string of the molecule is CCC(NS(=O)(=O)c1cnc(NC)nc1)C1CCCCC1. The molecule has 6 nitrogen and oxygen atoms in total. The van der Waals surface area contributed by atoms with Crippen LogP contribution in [0.15, 0.2) is 17.3 Å². The van der Waals surface area contributed by atoms with Crippen molar-refractivity contribution in [2.75, 3.05) is 12.4 Å². The van der Waals surface area contributed by atoms with Gasteiger partial charge in [0.25, 0.3) is 0 Å². The predicted molar refractivity (Wildman–Crippen MR) is 82.6 cm³/mol. The van der Waals surface area contributed by atoms with Crippen LogP contribution in [0.25, 0.3) is 0 Å². The van der Waals surface area contributed by atoms with Gasteiger partial charge in [0.2, 0.25) is 16.0 Å². The fourth-order valence-electron chi connectivity index (χ4n) is 2.90. The van der Waals surface area contributed by atoms with E-state index in [2.05, 4.69) is 20.0 Å². The van der Waals surface area contributed by atoms with Crippen LogP contribution in [-0.4, -0.2) is 31.5 Å². The normalized spacial score (nSPS) is 18.4.